The number of nitrogens with one attached hydrogen (secondary N) is 4. The summed E-state index contributed by atoms with van der Waals surface area (Å²) in [6, 6.07) is 8.99. The van der Waals surface area contributed by atoms with E-state index in [0.29, 0.717) is 59.5 Å². The van der Waals surface area contributed by atoms with Gasteiger partial charge in [0.05, 0.1) is 18.1 Å². The molecule has 1 aromatic carbocycles. The molecule has 1 saturated heterocycles. The van der Waals surface area contributed by atoms with E-state index in [9.17, 15) is 9.59 Å². The van der Waals surface area contributed by atoms with E-state index in [1.165, 1.54) is 6.20 Å². The number of nitrogens with zero attached hydrogens (tertiary/aromatic N) is 4. The molecular formula is C30H30Cl2N8O2. The molecule has 10 nitrogen and oxygen atoms in total. The zero-order valence-corrected chi connectivity index (χ0v) is 24.3. The van der Waals surface area contributed by atoms with Crippen LogP contribution in [0.1, 0.15) is 31.2 Å². The van der Waals surface area contributed by atoms with Crippen LogP contribution in [0.5, 0.6) is 0 Å². The van der Waals surface area contributed by atoms with Crippen molar-refractivity contribution in [1.29, 1.82) is 0 Å². The number of carbonyl (C=O) groups excluding carboxylic acids is 2. The van der Waals surface area contributed by atoms with E-state index in [4.69, 9.17) is 23.2 Å². The monoisotopic (exact) mass is 604 g/mol. The summed E-state index contributed by atoms with van der Waals surface area (Å²) in [5.74, 6) is 1.10. The molecule has 6 rings (SSSR count). The fraction of sp³-hybridized carbons (Fsp3) is 0.300. The van der Waals surface area contributed by atoms with Crippen LogP contribution in [0.4, 0.5) is 33.6 Å². The largest absolute Gasteiger partial charge is 0.339 e. The van der Waals surface area contributed by atoms with Crippen LogP contribution in [0.25, 0.3) is 0 Å². The van der Waals surface area contributed by atoms with Crippen LogP contribution in [0.3, 0.4) is 0 Å². The van der Waals surface area contributed by atoms with E-state index in [-0.39, 0.29) is 17.9 Å². The molecule has 1 aliphatic carbocycles. The Hall–Kier alpha value is -4.15. The molecule has 0 saturated carbocycles. The summed E-state index contributed by atoms with van der Waals surface area (Å²) >= 11 is 12.2. The van der Waals surface area contributed by atoms with Crippen molar-refractivity contribution in [2.24, 2.45) is 11.8 Å². The molecule has 3 aromatic rings. The zero-order valence-electron chi connectivity index (χ0n) is 22.7. The number of aromatic nitrogens is 3. The Morgan fingerprint density at radius 3 is 2.64 bits per heavy atom. The molecular weight excluding hydrogens is 575 g/mol. The maximum atomic E-state index is 13.4. The van der Waals surface area contributed by atoms with E-state index in [1.807, 2.05) is 24.3 Å². The Morgan fingerprint density at radius 2 is 1.83 bits per heavy atom. The van der Waals surface area contributed by atoms with Crippen molar-refractivity contribution in [2.75, 3.05) is 34.4 Å². The van der Waals surface area contributed by atoms with Gasteiger partial charge in [0, 0.05) is 36.1 Å². The summed E-state index contributed by atoms with van der Waals surface area (Å²) in [4.78, 5) is 40.7. The molecule has 2 aliphatic heterocycles. The normalized spacial score (nSPS) is 18.3. The number of pyridine rings is 1. The van der Waals surface area contributed by atoms with Gasteiger partial charge >= 0.3 is 6.03 Å². The Bertz CT molecular complexity index is 1550. The summed E-state index contributed by atoms with van der Waals surface area (Å²) < 4.78 is 0. The standard InChI is InChI=1S/C30H30Cl2N8O2/c31-24-17-34-29-36-21-3-1-2-18(14-21)4-5-20-15-22(35-27(24)39-29)6-8-25(20)38-28(41)19-10-12-40(13-11-19)30(42)37-23-7-9-26(32)33-16-23/h1-3,6-9,15-19H,4-5,10-14H2,(H,37,42)(H,38,41)(H2,34,35,36,39). The first-order valence-corrected chi connectivity index (χ1v) is 14.7. The number of benzene rings is 1. The Labute approximate surface area is 253 Å². The maximum absolute atomic E-state index is 13.4. The number of anilines is 5. The van der Waals surface area contributed by atoms with Gasteiger partial charge in [-0.15, -0.1) is 0 Å². The number of likely N-dealkylation sites (tertiary alicyclic amines) is 1. The molecule has 1 unspecified atom stereocenters. The average Bonchev–Trinajstić information content (AvgIpc) is 3.00. The number of hydrogen-bond acceptors (Lipinski definition) is 7. The van der Waals surface area contributed by atoms with Crippen molar-refractivity contribution < 1.29 is 9.59 Å². The molecule has 1 fully saturated rings. The molecule has 2 aromatic heterocycles. The SMILES string of the molecule is O=C(Nc1ccc2cc1CCC1C=CC=C(C1)Nc1ncc(Cl)c(n1)N2)C1CCN(C(=O)Nc2ccc(Cl)nc2)CC1. The third kappa shape index (κ3) is 6.66. The first-order valence-electron chi connectivity index (χ1n) is 13.9. The first kappa shape index (κ1) is 28.0. The lowest BCUT2D eigenvalue weighted by molar-refractivity contribution is -0.121. The number of urea groups is 1. The minimum Gasteiger partial charge on any atom is -0.339 e. The van der Waals surface area contributed by atoms with Crippen LogP contribution in [0, 0.1) is 11.8 Å². The molecule has 4 heterocycles. The number of allylic oxidation sites excluding steroid dienone is 4. The highest BCUT2D eigenvalue weighted by atomic mass is 35.5. The van der Waals surface area contributed by atoms with Crippen LogP contribution in [0.2, 0.25) is 10.2 Å². The van der Waals surface area contributed by atoms with E-state index in [2.05, 4.69) is 48.4 Å². The van der Waals surface area contributed by atoms with Gasteiger partial charge in [-0.3, -0.25) is 4.79 Å². The number of hydrogen-bond donors (Lipinski definition) is 4. The second-order valence-corrected chi connectivity index (χ2v) is 11.4. The highest BCUT2D eigenvalue weighted by Crippen LogP contribution is 2.32. The van der Waals surface area contributed by atoms with E-state index in [0.717, 1.165) is 41.9 Å². The number of rotatable bonds is 3. The van der Waals surface area contributed by atoms with Crippen LogP contribution in [-0.4, -0.2) is 44.9 Å². The second kappa shape index (κ2) is 12.4. The van der Waals surface area contributed by atoms with Gasteiger partial charge in [-0.05, 0) is 80.0 Å². The summed E-state index contributed by atoms with van der Waals surface area (Å²) in [5.41, 5.74) is 4.26. The topological polar surface area (TPSA) is 124 Å². The number of amides is 3. The molecule has 1 atom stereocenters. The smallest absolute Gasteiger partial charge is 0.321 e. The van der Waals surface area contributed by atoms with Crippen molar-refractivity contribution in [2.45, 2.75) is 32.1 Å². The van der Waals surface area contributed by atoms with E-state index >= 15 is 0 Å². The number of halogens is 2. The third-order valence-corrected chi connectivity index (χ3v) is 8.22. The van der Waals surface area contributed by atoms with Crippen LogP contribution < -0.4 is 21.3 Å². The minimum atomic E-state index is -0.215. The second-order valence-electron chi connectivity index (χ2n) is 10.6. The molecule has 0 radical (unpaired) electrons. The van der Waals surface area contributed by atoms with Gasteiger partial charge in [-0.2, -0.15) is 4.98 Å². The molecule has 3 aliphatic rings. The van der Waals surface area contributed by atoms with Crippen LogP contribution >= 0.6 is 23.2 Å². The summed E-state index contributed by atoms with van der Waals surface area (Å²) in [7, 11) is 0. The van der Waals surface area contributed by atoms with Gasteiger partial charge in [0.1, 0.15) is 10.2 Å². The first-order chi connectivity index (χ1) is 20.4. The number of piperidine rings is 1. The Balaban J connectivity index is 1.13. The van der Waals surface area contributed by atoms with Crippen molar-refractivity contribution in [3.63, 3.8) is 0 Å². The van der Waals surface area contributed by atoms with Crippen molar-refractivity contribution in [1.82, 2.24) is 19.9 Å². The highest BCUT2D eigenvalue weighted by Gasteiger charge is 2.28. The number of aryl methyl sites for hydroxylation is 1. The van der Waals surface area contributed by atoms with Gasteiger partial charge in [0.25, 0.3) is 0 Å². The highest BCUT2D eigenvalue weighted by molar-refractivity contribution is 6.33. The molecule has 3 amide bonds. The zero-order chi connectivity index (χ0) is 29.1. The quantitative estimate of drug-likeness (QED) is 0.247. The van der Waals surface area contributed by atoms with E-state index < -0.39 is 0 Å². The van der Waals surface area contributed by atoms with E-state index in [1.54, 1.807) is 23.2 Å². The molecule has 6 bridgehead atoms. The summed E-state index contributed by atoms with van der Waals surface area (Å²) in [6.45, 7) is 0.973. The average molecular weight is 606 g/mol. The third-order valence-electron chi connectivity index (χ3n) is 7.72. The Kier molecular flexibility index (Phi) is 8.25. The van der Waals surface area contributed by atoms with Gasteiger partial charge < -0.3 is 26.2 Å². The molecule has 42 heavy (non-hydrogen) atoms. The van der Waals surface area contributed by atoms with Crippen molar-refractivity contribution in [3.05, 3.63) is 82.4 Å². The van der Waals surface area contributed by atoms with Crippen molar-refractivity contribution >= 4 is 64.0 Å². The van der Waals surface area contributed by atoms with Gasteiger partial charge in [0.15, 0.2) is 5.82 Å². The van der Waals surface area contributed by atoms with Gasteiger partial charge in [-0.1, -0.05) is 35.4 Å². The van der Waals surface area contributed by atoms with Crippen LogP contribution in [0.15, 0.2) is 66.7 Å². The molecule has 0 spiro atoms. The summed E-state index contributed by atoms with van der Waals surface area (Å²) in [5, 5.41) is 13.4. The number of carbonyl (C=O) groups is 2. The lowest BCUT2D eigenvalue weighted by Gasteiger charge is -2.31. The molecule has 12 heteroatoms. The van der Waals surface area contributed by atoms with Gasteiger partial charge in [-0.25, -0.2) is 14.8 Å². The maximum Gasteiger partial charge on any atom is 0.321 e. The predicted octanol–water partition coefficient (Wildman–Crippen LogP) is 6.62. The fourth-order valence-electron chi connectivity index (χ4n) is 5.41. The lowest BCUT2D eigenvalue weighted by Crippen LogP contribution is -2.43. The minimum absolute atomic E-state index is 0.0349. The lowest BCUT2D eigenvalue weighted by atomic mass is 9.91. The van der Waals surface area contributed by atoms with Gasteiger partial charge in [0.2, 0.25) is 11.9 Å². The number of fused-ring (bicyclic) bond motifs is 6. The predicted molar refractivity (Wildman–Crippen MR) is 165 cm³/mol. The Morgan fingerprint density at radius 1 is 0.976 bits per heavy atom. The van der Waals surface area contributed by atoms with Crippen molar-refractivity contribution in [3.8, 4) is 0 Å². The molecule has 216 valence electrons. The summed E-state index contributed by atoms with van der Waals surface area (Å²) in [6.07, 6.45) is 13.1. The van der Waals surface area contributed by atoms with Crippen LogP contribution in [-0.2, 0) is 11.2 Å². The fourth-order valence-corrected chi connectivity index (χ4v) is 5.66. The molecule has 4 N–H and O–H groups in total.